The van der Waals surface area contributed by atoms with Gasteiger partial charge >= 0.3 is 0 Å². The zero-order chi connectivity index (χ0) is 21.6. The fourth-order valence-corrected chi connectivity index (χ4v) is 3.78. The third kappa shape index (κ3) is 5.97. The monoisotopic (exact) mass is 418 g/mol. The van der Waals surface area contributed by atoms with E-state index in [2.05, 4.69) is 10.6 Å². The van der Waals surface area contributed by atoms with Crippen molar-refractivity contribution in [1.82, 2.24) is 0 Å². The van der Waals surface area contributed by atoms with E-state index < -0.39 is 10.7 Å². The van der Waals surface area contributed by atoms with Crippen molar-refractivity contribution in [3.05, 3.63) is 90.5 Å². The molecule has 0 saturated heterocycles. The molecule has 3 aromatic carbocycles. The molecule has 2 amide bonds. The predicted octanol–water partition coefficient (Wildman–Crippen LogP) is 6.14. The fraction of sp³-hybridized carbons (Fsp3) is 0.200. The van der Waals surface area contributed by atoms with E-state index in [0.717, 1.165) is 10.5 Å². The van der Waals surface area contributed by atoms with Crippen LogP contribution in [0, 0.1) is 5.41 Å². The molecule has 0 aliphatic carbocycles. The van der Waals surface area contributed by atoms with Gasteiger partial charge in [-0.2, -0.15) is 0 Å². The van der Waals surface area contributed by atoms with Gasteiger partial charge in [0.25, 0.3) is 0 Å². The number of carbonyl (C=O) groups excluding carboxylic acids is 2. The number of anilines is 2. The maximum atomic E-state index is 13.2. The molecule has 30 heavy (non-hydrogen) atoms. The van der Waals surface area contributed by atoms with Gasteiger partial charge in [0.1, 0.15) is 5.25 Å². The summed E-state index contributed by atoms with van der Waals surface area (Å²) in [5.74, 6) is -0.192. The van der Waals surface area contributed by atoms with Gasteiger partial charge in [-0.05, 0) is 35.9 Å². The van der Waals surface area contributed by atoms with E-state index in [1.165, 1.54) is 11.8 Å². The standard InChI is InChI=1S/C25H26N2O2S/c1-25(2,3)24(29)27-20-14-10-13-19(17-20)26-23(28)22(18-11-6-4-7-12-18)30-21-15-8-5-9-16-21/h4-17,22H,1-3H3,(H,26,28)(H,27,29). The molecule has 3 aromatic rings. The van der Waals surface area contributed by atoms with E-state index >= 15 is 0 Å². The van der Waals surface area contributed by atoms with Crippen molar-refractivity contribution in [3.63, 3.8) is 0 Å². The summed E-state index contributed by atoms with van der Waals surface area (Å²) in [6, 6.07) is 26.8. The Labute approximate surface area is 182 Å². The van der Waals surface area contributed by atoms with Crippen LogP contribution in [-0.4, -0.2) is 11.8 Å². The number of nitrogens with one attached hydrogen (secondary N) is 2. The molecule has 5 heteroatoms. The Bertz CT molecular complexity index is 998. The van der Waals surface area contributed by atoms with Crippen LogP contribution in [0.2, 0.25) is 0 Å². The minimum absolute atomic E-state index is 0.0761. The van der Waals surface area contributed by atoms with Gasteiger partial charge in [-0.15, -0.1) is 11.8 Å². The van der Waals surface area contributed by atoms with Crippen LogP contribution in [-0.2, 0) is 9.59 Å². The van der Waals surface area contributed by atoms with Crippen molar-refractivity contribution in [2.75, 3.05) is 10.6 Å². The molecule has 154 valence electrons. The van der Waals surface area contributed by atoms with Gasteiger partial charge in [0.2, 0.25) is 11.8 Å². The fourth-order valence-electron chi connectivity index (χ4n) is 2.74. The Kier molecular flexibility index (Phi) is 6.95. The number of thioether (sulfide) groups is 1. The molecule has 0 heterocycles. The SMILES string of the molecule is CC(C)(C)C(=O)Nc1cccc(NC(=O)C(Sc2ccccc2)c2ccccc2)c1. The summed E-state index contributed by atoms with van der Waals surface area (Å²) in [5, 5.41) is 5.50. The summed E-state index contributed by atoms with van der Waals surface area (Å²) in [6.07, 6.45) is 0. The highest BCUT2D eigenvalue weighted by molar-refractivity contribution is 8.00. The lowest BCUT2D eigenvalue weighted by Gasteiger charge is -2.19. The van der Waals surface area contributed by atoms with Crippen molar-refractivity contribution in [3.8, 4) is 0 Å². The molecule has 4 nitrogen and oxygen atoms in total. The molecule has 0 bridgehead atoms. The molecule has 0 radical (unpaired) electrons. The van der Waals surface area contributed by atoms with Crippen molar-refractivity contribution >= 4 is 35.0 Å². The second-order valence-corrected chi connectivity index (χ2v) is 9.17. The van der Waals surface area contributed by atoms with Crippen LogP contribution in [0.15, 0.2) is 89.8 Å². The molecule has 0 spiro atoms. The number of benzene rings is 3. The second kappa shape index (κ2) is 9.63. The lowest BCUT2D eigenvalue weighted by atomic mass is 9.95. The molecule has 0 aliphatic rings. The lowest BCUT2D eigenvalue weighted by Crippen LogP contribution is -2.27. The molecule has 0 fully saturated rings. The van der Waals surface area contributed by atoms with Crippen molar-refractivity contribution < 1.29 is 9.59 Å². The molecule has 1 unspecified atom stereocenters. The first-order chi connectivity index (χ1) is 14.3. The highest BCUT2D eigenvalue weighted by Crippen LogP contribution is 2.36. The van der Waals surface area contributed by atoms with Crippen molar-refractivity contribution in [2.45, 2.75) is 30.9 Å². The van der Waals surface area contributed by atoms with Gasteiger partial charge in [0.15, 0.2) is 0 Å². The van der Waals surface area contributed by atoms with Crippen LogP contribution < -0.4 is 10.6 Å². The molecular weight excluding hydrogens is 392 g/mol. The van der Waals surface area contributed by atoms with Crippen molar-refractivity contribution in [1.29, 1.82) is 0 Å². The Hall–Kier alpha value is -3.05. The summed E-state index contributed by atoms with van der Waals surface area (Å²) in [7, 11) is 0. The van der Waals surface area contributed by atoms with E-state index in [9.17, 15) is 9.59 Å². The maximum absolute atomic E-state index is 13.2. The second-order valence-electron chi connectivity index (χ2n) is 8.00. The van der Waals surface area contributed by atoms with Gasteiger partial charge in [-0.25, -0.2) is 0 Å². The van der Waals surface area contributed by atoms with Crippen LogP contribution in [0.4, 0.5) is 11.4 Å². The third-order valence-electron chi connectivity index (χ3n) is 4.41. The molecule has 0 aromatic heterocycles. The van der Waals surface area contributed by atoms with Crippen LogP contribution in [0.5, 0.6) is 0 Å². The first-order valence-electron chi connectivity index (χ1n) is 9.82. The number of rotatable bonds is 6. The normalized spacial score (nSPS) is 12.1. The Morgan fingerprint density at radius 3 is 1.93 bits per heavy atom. The first kappa shape index (κ1) is 21.7. The van der Waals surface area contributed by atoms with Gasteiger partial charge in [-0.3, -0.25) is 9.59 Å². The number of carbonyl (C=O) groups is 2. The Balaban J connectivity index is 1.79. The molecular formula is C25H26N2O2S. The first-order valence-corrected chi connectivity index (χ1v) is 10.7. The highest BCUT2D eigenvalue weighted by atomic mass is 32.2. The van der Waals surface area contributed by atoms with Gasteiger partial charge in [0, 0.05) is 21.7 Å². The minimum atomic E-state index is -0.496. The van der Waals surface area contributed by atoms with Gasteiger partial charge in [-0.1, -0.05) is 75.4 Å². The average Bonchev–Trinajstić information content (AvgIpc) is 2.73. The molecule has 0 saturated carbocycles. The summed E-state index contributed by atoms with van der Waals surface area (Å²) in [6.45, 7) is 5.58. The largest absolute Gasteiger partial charge is 0.326 e. The van der Waals surface area contributed by atoms with E-state index in [1.807, 2.05) is 99.6 Å². The smallest absolute Gasteiger partial charge is 0.242 e. The van der Waals surface area contributed by atoms with Crippen LogP contribution in [0.25, 0.3) is 0 Å². The minimum Gasteiger partial charge on any atom is -0.326 e. The highest BCUT2D eigenvalue weighted by Gasteiger charge is 2.23. The molecule has 1 atom stereocenters. The van der Waals surface area contributed by atoms with E-state index in [1.54, 1.807) is 6.07 Å². The van der Waals surface area contributed by atoms with Gasteiger partial charge < -0.3 is 10.6 Å². The van der Waals surface area contributed by atoms with Crippen molar-refractivity contribution in [2.24, 2.45) is 5.41 Å². The predicted molar refractivity (Wildman–Crippen MR) is 125 cm³/mol. The summed E-state index contributed by atoms with van der Waals surface area (Å²) in [4.78, 5) is 26.5. The number of hydrogen-bond acceptors (Lipinski definition) is 3. The van der Waals surface area contributed by atoms with Crippen LogP contribution >= 0.6 is 11.8 Å². The average molecular weight is 419 g/mol. The van der Waals surface area contributed by atoms with Crippen LogP contribution in [0.3, 0.4) is 0 Å². The molecule has 0 aliphatic heterocycles. The zero-order valence-electron chi connectivity index (χ0n) is 17.4. The van der Waals surface area contributed by atoms with E-state index in [4.69, 9.17) is 0 Å². The van der Waals surface area contributed by atoms with Gasteiger partial charge in [0.05, 0.1) is 0 Å². The molecule has 3 rings (SSSR count). The number of hydrogen-bond donors (Lipinski definition) is 2. The van der Waals surface area contributed by atoms with E-state index in [-0.39, 0.29) is 11.8 Å². The topological polar surface area (TPSA) is 58.2 Å². The maximum Gasteiger partial charge on any atom is 0.242 e. The number of amides is 2. The van der Waals surface area contributed by atoms with E-state index in [0.29, 0.717) is 11.4 Å². The summed E-state index contributed by atoms with van der Waals surface area (Å²) >= 11 is 1.51. The summed E-state index contributed by atoms with van der Waals surface area (Å²) < 4.78 is 0. The Morgan fingerprint density at radius 2 is 1.33 bits per heavy atom. The summed E-state index contributed by atoms with van der Waals surface area (Å²) in [5.41, 5.74) is 1.73. The Morgan fingerprint density at radius 1 is 0.767 bits per heavy atom. The molecule has 2 N–H and O–H groups in total. The zero-order valence-corrected chi connectivity index (χ0v) is 18.2. The lowest BCUT2D eigenvalue weighted by molar-refractivity contribution is -0.123. The quantitative estimate of drug-likeness (QED) is 0.473. The third-order valence-corrected chi connectivity index (χ3v) is 5.67. The van der Waals surface area contributed by atoms with Crippen LogP contribution in [0.1, 0.15) is 31.6 Å².